The first-order valence-electron chi connectivity index (χ1n) is 7.16. The zero-order valence-electron chi connectivity index (χ0n) is 11.1. The molecule has 0 bridgehead atoms. The first-order valence-corrected chi connectivity index (χ1v) is 7.16. The van der Waals surface area contributed by atoms with Gasteiger partial charge in [-0.2, -0.15) is 0 Å². The van der Waals surface area contributed by atoms with E-state index < -0.39 is 0 Å². The van der Waals surface area contributed by atoms with Gasteiger partial charge in [-0.15, -0.1) is 0 Å². The summed E-state index contributed by atoms with van der Waals surface area (Å²) in [5.74, 6) is 0.0327. The summed E-state index contributed by atoms with van der Waals surface area (Å²) in [6.07, 6.45) is 5.09. The Bertz CT molecular complexity index is 486. The minimum Gasteiger partial charge on any atom is -0.384 e. The van der Waals surface area contributed by atoms with Crippen molar-refractivity contribution in [1.82, 2.24) is 5.32 Å². The highest BCUT2D eigenvalue weighted by atomic mass is 16.1. The van der Waals surface area contributed by atoms with E-state index in [1.807, 2.05) is 12.1 Å². The maximum Gasteiger partial charge on any atom is 0.253 e. The Hall–Kier alpha value is -1.55. The average Bonchev–Trinajstić information content (AvgIpc) is 2.83. The molecule has 4 N–H and O–H groups in total. The van der Waals surface area contributed by atoms with Crippen molar-refractivity contribution in [3.63, 3.8) is 0 Å². The number of benzene rings is 1. The van der Waals surface area contributed by atoms with Gasteiger partial charge >= 0.3 is 0 Å². The lowest BCUT2D eigenvalue weighted by Gasteiger charge is -2.21. The van der Waals surface area contributed by atoms with Crippen molar-refractivity contribution in [3.05, 3.63) is 29.3 Å². The van der Waals surface area contributed by atoms with Gasteiger partial charge in [0.1, 0.15) is 0 Å². The zero-order valence-corrected chi connectivity index (χ0v) is 11.1. The summed E-state index contributed by atoms with van der Waals surface area (Å²) in [4.78, 5) is 12.4. The number of hydrogen-bond acceptors (Lipinski definition) is 3. The molecule has 102 valence electrons. The predicted octanol–water partition coefficient (Wildman–Crippen LogP) is 1.65. The van der Waals surface area contributed by atoms with E-state index in [4.69, 9.17) is 5.73 Å². The minimum atomic E-state index is 0.0327. The molecule has 1 saturated carbocycles. The van der Waals surface area contributed by atoms with Crippen molar-refractivity contribution >= 4 is 11.6 Å². The van der Waals surface area contributed by atoms with Crippen LogP contribution in [0.2, 0.25) is 0 Å². The molecule has 0 aromatic heterocycles. The van der Waals surface area contributed by atoms with E-state index in [9.17, 15) is 4.79 Å². The minimum absolute atomic E-state index is 0.0327. The Balaban J connectivity index is 1.76. The highest BCUT2D eigenvalue weighted by molar-refractivity contribution is 6.00. The lowest BCUT2D eigenvalue weighted by molar-refractivity contribution is 0.0938. The van der Waals surface area contributed by atoms with Crippen LogP contribution in [0.4, 0.5) is 5.69 Å². The smallest absolute Gasteiger partial charge is 0.253 e. The lowest BCUT2D eigenvalue weighted by atomic mass is 9.99. The Morgan fingerprint density at radius 1 is 1.37 bits per heavy atom. The van der Waals surface area contributed by atoms with Crippen LogP contribution in [0, 0.1) is 0 Å². The van der Waals surface area contributed by atoms with Gasteiger partial charge in [-0.05, 0) is 43.7 Å². The van der Waals surface area contributed by atoms with Crippen molar-refractivity contribution in [1.29, 1.82) is 0 Å². The Kier molecular flexibility index (Phi) is 3.42. The number of aryl methyl sites for hydroxylation is 1. The van der Waals surface area contributed by atoms with Gasteiger partial charge in [0.05, 0.1) is 11.3 Å². The molecule has 1 aliphatic heterocycles. The number of anilines is 1. The second-order valence-corrected chi connectivity index (χ2v) is 5.61. The Morgan fingerprint density at radius 2 is 2.26 bits per heavy atom. The quantitative estimate of drug-likeness (QED) is 0.756. The third-order valence-corrected chi connectivity index (χ3v) is 4.13. The molecule has 0 radical (unpaired) electrons. The fraction of sp³-hybridized carbons (Fsp3) is 0.533. The number of nitrogens with one attached hydrogen (secondary N) is 2. The molecule has 4 nitrogen and oxygen atoms in total. The van der Waals surface area contributed by atoms with E-state index in [0.717, 1.165) is 49.9 Å². The SMILES string of the molecule is N[C@@H]1CC[C@@H](NC(=O)c2cccc3c2NCCC3)C1. The molecule has 2 atom stereocenters. The normalized spacial score (nSPS) is 25.5. The van der Waals surface area contributed by atoms with Crippen LogP contribution < -0.4 is 16.4 Å². The molecule has 4 heteroatoms. The summed E-state index contributed by atoms with van der Waals surface area (Å²) < 4.78 is 0. The standard InChI is InChI=1S/C15H21N3O/c16-11-6-7-12(9-11)18-15(19)13-5-1-3-10-4-2-8-17-14(10)13/h1,3,5,11-12,17H,2,4,6-9,16H2,(H,18,19)/t11-,12-/m1/s1. The van der Waals surface area contributed by atoms with Gasteiger partial charge in [0, 0.05) is 18.6 Å². The molecule has 1 fully saturated rings. The van der Waals surface area contributed by atoms with Crippen molar-refractivity contribution in [2.24, 2.45) is 5.73 Å². The number of rotatable bonds is 2. The summed E-state index contributed by atoms with van der Waals surface area (Å²) in [6.45, 7) is 0.950. The Labute approximate surface area is 113 Å². The van der Waals surface area contributed by atoms with Gasteiger partial charge in [-0.1, -0.05) is 12.1 Å². The van der Waals surface area contributed by atoms with Crippen LogP contribution in [-0.2, 0) is 6.42 Å². The second-order valence-electron chi connectivity index (χ2n) is 5.61. The number of amides is 1. The molecular weight excluding hydrogens is 238 g/mol. The van der Waals surface area contributed by atoms with E-state index >= 15 is 0 Å². The Morgan fingerprint density at radius 3 is 3.05 bits per heavy atom. The number of carbonyl (C=O) groups is 1. The van der Waals surface area contributed by atoms with Crippen LogP contribution in [0.3, 0.4) is 0 Å². The van der Waals surface area contributed by atoms with Gasteiger partial charge in [0.15, 0.2) is 0 Å². The first kappa shape index (κ1) is 12.5. The zero-order chi connectivity index (χ0) is 13.2. The van der Waals surface area contributed by atoms with E-state index in [1.165, 1.54) is 5.56 Å². The molecule has 2 aliphatic rings. The molecule has 1 aromatic rings. The summed E-state index contributed by atoms with van der Waals surface area (Å²) in [5, 5.41) is 6.48. The fourth-order valence-electron chi connectivity index (χ4n) is 3.11. The van der Waals surface area contributed by atoms with Crippen LogP contribution in [0.25, 0.3) is 0 Å². The van der Waals surface area contributed by atoms with E-state index in [-0.39, 0.29) is 18.0 Å². The summed E-state index contributed by atoms with van der Waals surface area (Å²) in [5.41, 5.74) is 8.94. The number of fused-ring (bicyclic) bond motifs is 1. The van der Waals surface area contributed by atoms with Crippen molar-refractivity contribution in [2.45, 2.75) is 44.2 Å². The van der Waals surface area contributed by atoms with E-state index in [0.29, 0.717) is 0 Å². The number of carbonyl (C=O) groups excluding carboxylic acids is 1. The molecule has 0 unspecified atom stereocenters. The van der Waals surface area contributed by atoms with Gasteiger partial charge in [0.2, 0.25) is 0 Å². The van der Waals surface area contributed by atoms with Crippen molar-refractivity contribution < 1.29 is 4.79 Å². The van der Waals surface area contributed by atoms with Gasteiger partial charge in [0.25, 0.3) is 5.91 Å². The first-order chi connectivity index (χ1) is 9.24. The van der Waals surface area contributed by atoms with Crippen LogP contribution in [0.5, 0.6) is 0 Å². The molecule has 1 amide bonds. The summed E-state index contributed by atoms with van der Waals surface area (Å²) in [7, 11) is 0. The van der Waals surface area contributed by atoms with Crippen LogP contribution in [0.1, 0.15) is 41.6 Å². The van der Waals surface area contributed by atoms with Crippen LogP contribution >= 0.6 is 0 Å². The molecular formula is C15H21N3O. The van der Waals surface area contributed by atoms with Crippen molar-refractivity contribution in [3.8, 4) is 0 Å². The topological polar surface area (TPSA) is 67.1 Å². The van der Waals surface area contributed by atoms with Crippen LogP contribution in [0.15, 0.2) is 18.2 Å². The highest BCUT2D eigenvalue weighted by Gasteiger charge is 2.25. The maximum atomic E-state index is 12.4. The average molecular weight is 259 g/mol. The van der Waals surface area contributed by atoms with Gasteiger partial charge < -0.3 is 16.4 Å². The van der Waals surface area contributed by atoms with Crippen molar-refractivity contribution in [2.75, 3.05) is 11.9 Å². The van der Waals surface area contributed by atoms with Gasteiger partial charge in [-0.3, -0.25) is 4.79 Å². The molecule has 0 spiro atoms. The number of nitrogens with two attached hydrogens (primary N) is 1. The third kappa shape index (κ3) is 2.59. The van der Waals surface area contributed by atoms with Crippen LogP contribution in [-0.4, -0.2) is 24.5 Å². The second kappa shape index (κ2) is 5.21. The fourth-order valence-corrected chi connectivity index (χ4v) is 3.11. The van der Waals surface area contributed by atoms with E-state index in [2.05, 4.69) is 16.7 Å². The monoisotopic (exact) mass is 259 g/mol. The maximum absolute atomic E-state index is 12.4. The lowest BCUT2D eigenvalue weighted by Crippen LogP contribution is -2.34. The summed E-state index contributed by atoms with van der Waals surface area (Å²) in [6, 6.07) is 6.46. The molecule has 1 heterocycles. The molecule has 0 saturated heterocycles. The molecule has 1 aromatic carbocycles. The third-order valence-electron chi connectivity index (χ3n) is 4.13. The van der Waals surface area contributed by atoms with Gasteiger partial charge in [-0.25, -0.2) is 0 Å². The molecule has 1 aliphatic carbocycles. The number of hydrogen-bond donors (Lipinski definition) is 3. The number of para-hydroxylation sites is 1. The molecule has 19 heavy (non-hydrogen) atoms. The summed E-state index contributed by atoms with van der Waals surface area (Å²) >= 11 is 0. The predicted molar refractivity (Wildman–Crippen MR) is 76.3 cm³/mol. The van der Waals surface area contributed by atoms with E-state index in [1.54, 1.807) is 0 Å². The molecule has 3 rings (SSSR count). The largest absolute Gasteiger partial charge is 0.384 e. The highest BCUT2D eigenvalue weighted by Crippen LogP contribution is 2.26.